The Morgan fingerprint density at radius 2 is 1.88 bits per heavy atom. The standard InChI is InChI=1S/C14H10Br2N6OS/c15-9-1-4-11(5-2-9)22-14(19-20-21-22)24-8-13(23)18-12-6-3-10(16)7-17-12/h1-7H,8H2,(H,17,18,23). The van der Waals surface area contributed by atoms with Gasteiger partial charge in [0, 0.05) is 15.1 Å². The number of pyridine rings is 1. The minimum Gasteiger partial charge on any atom is -0.310 e. The van der Waals surface area contributed by atoms with Gasteiger partial charge in [0.15, 0.2) is 0 Å². The number of halogens is 2. The Morgan fingerprint density at radius 1 is 1.12 bits per heavy atom. The lowest BCUT2D eigenvalue weighted by molar-refractivity contribution is -0.113. The van der Waals surface area contributed by atoms with E-state index in [0.717, 1.165) is 14.6 Å². The second kappa shape index (κ2) is 7.86. The molecule has 0 aliphatic heterocycles. The normalized spacial score (nSPS) is 10.6. The molecule has 2 aromatic heterocycles. The molecule has 122 valence electrons. The molecule has 0 radical (unpaired) electrons. The van der Waals surface area contributed by atoms with Gasteiger partial charge in [-0.1, -0.05) is 27.7 Å². The molecule has 3 aromatic rings. The largest absolute Gasteiger partial charge is 0.310 e. The van der Waals surface area contributed by atoms with Gasteiger partial charge in [0.25, 0.3) is 0 Å². The second-order valence-electron chi connectivity index (χ2n) is 4.55. The topological polar surface area (TPSA) is 85.6 Å². The average molecular weight is 470 g/mol. The Hall–Kier alpha value is -1.78. The lowest BCUT2D eigenvalue weighted by atomic mass is 10.3. The van der Waals surface area contributed by atoms with Gasteiger partial charge in [0.2, 0.25) is 11.1 Å². The number of amides is 1. The molecule has 1 aromatic carbocycles. The number of benzene rings is 1. The van der Waals surface area contributed by atoms with Crippen LogP contribution in [0, 0.1) is 0 Å². The van der Waals surface area contributed by atoms with Crippen LogP contribution in [0.25, 0.3) is 5.69 Å². The van der Waals surface area contributed by atoms with Crippen LogP contribution >= 0.6 is 43.6 Å². The summed E-state index contributed by atoms with van der Waals surface area (Å²) in [4.78, 5) is 16.1. The molecule has 3 rings (SSSR count). The summed E-state index contributed by atoms with van der Waals surface area (Å²) < 4.78 is 3.40. The van der Waals surface area contributed by atoms with Crippen LogP contribution in [-0.2, 0) is 4.79 Å². The highest BCUT2D eigenvalue weighted by molar-refractivity contribution is 9.10. The maximum Gasteiger partial charge on any atom is 0.236 e. The Bertz CT molecular complexity index is 837. The fourth-order valence-corrected chi connectivity index (χ4v) is 2.96. The zero-order valence-electron chi connectivity index (χ0n) is 12.1. The Balaban J connectivity index is 1.63. The van der Waals surface area contributed by atoms with Crippen molar-refractivity contribution in [1.29, 1.82) is 0 Å². The summed E-state index contributed by atoms with van der Waals surface area (Å²) in [5.41, 5.74) is 0.820. The number of rotatable bonds is 5. The third-order valence-corrected chi connectivity index (χ3v) is 4.76. The molecule has 0 atom stereocenters. The number of hydrogen-bond acceptors (Lipinski definition) is 6. The summed E-state index contributed by atoms with van der Waals surface area (Å²) in [6.07, 6.45) is 1.62. The van der Waals surface area contributed by atoms with Crippen LogP contribution in [0.3, 0.4) is 0 Å². The number of carbonyl (C=O) groups is 1. The Labute approximate surface area is 158 Å². The summed E-state index contributed by atoms with van der Waals surface area (Å²) in [7, 11) is 0. The van der Waals surface area contributed by atoms with Crippen LogP contribution in [0.2, 0.25) is 0 Å². The molecule has 0 aliphatic rings. The number of thioether (sulfide) groups is 1. The third-order valence-electron chi connectivity index (χ3n) is 2.84. The summed E-state index contributed by atoms with van der Waals surface area (Å²) in [6, 6.07) is 11.1. The lowest BCUT2D eigenvalue weighted by Crippen LogP contribution is -2.15. The molecule has 0 spiro atoms. The minimum atomic E-state index is -0.180. The van der Waals surface area contributed by atoms with Crippen molar-refractivity contribution in [3.63, 3.8) is 0 Å². The van der Waals surface area contributed by atoms with E-state index in [4.69, 9.17) is 0 Å². The highest BCUT2D eigenvalue weighted by atomic mass is 79.9. The van der Waals surface area contributed by atoms with Crippen molar-refractivity contribution in [3.8, 4) is 5.69 Å². The number of aromatic nitrogens is 5. The summed E-state index contributed by atoms with van der Waals surface area (Å²) >= 11 is 7.93. The predicted octanol–water partition coefficient (Wildman–Crippen LogP) is 3.31. The van der Waals surface area contributed by atoms with Crippen molar-refractivity contribution in [2.75, 3.05) is 11.1 Å². The zero-order chi connectivity index (χ0) is 16.9. The van der Waals surface area contributed by atoms with E-state index in [2.05, 4.69) is 57.7 Å². The van der Waals surface area contributed by atoms with Crippen LogP contribution in [0.15, 0.2) is 56.7 Å². The minimum absolute atomic E-state index is 0.175. The molecule has 10 heteroatoms. The van der Waals surface area contributed by atoms with Gasteiger partial charge in [-0.2, -0.15) is 4.68 Å². The van der Waals surface area contributed by atoms with Gasteiger partial charge in [-0.25, -0.2) is 4.98 Å². The van der Waals surface area contributed by atoms with Crippen LogP contribution < -0.4 is 5.32 Å². The molecular formula is C14H10Br2N6OS. The molecule has 2 heterocycles. The summed E-state index contributed by atoms with van der Waals surface area (Å²) in [6.45, 7) is 0. The number of tetrazole rings is 1. The Morgan fingerprint density at radius 3 is 2.58 bits per heavy atom. The molecular weight excluding hydrogens is 460 g/mol. The van der Waals surface area contributed by atoms with Crippen LogP contribution in [0.1, 0.15) is 0 Å². The van der Waals surface area contributed by atoms with Gasteiger partial charge in [-0.15, -0.1) is 5.10 Å². The van der Waals surface area contributed by atoms with Crippen molar-refractivity contribution in [1.82, 2.24) is 25.2 Å². The first-order valence-corrected chi connectivity index (χ1v) is 9.27. The van der Waals surface area contributed by atoms with Crippen molar-refractivity contribution >= 4 is 55.3 Å². The van der Waals surface area contributed by atoms with Crippen molar-refractivity contribution in [2.24, 2.45) is 0 Å². The Kier molecular flexibility index (Phi) is 5.59. The first-order chi connectivity index (χ1) is 11.6. The zero-order valence-corrected chi connectivity index (χ0v) is 16.0. The van der Waals surface area contributed by atoms with Crippen LogP contribution in [0.5, 0.6) is 0 Å². The number of anilines is 1. The number of nitrogens with one attached hydrogen (secondary N) is 1. The third kappa shape index (κ3) is 4.40. The lowest BCUT2D eigenvalue weighted by Gasteiger charge is -2.05. The molecule has 7 nitrogen and oxygen atoms in total. The van der Waals surface area contributed by atoms with E-state index >= 15 is 0 Å². The van der Waals surface area contributed by atoms with Crippen LogP contribution in [0.4, 0.5) is 5.82 Å². The molecule has 0 aliphatic carbocycles. The van der Waals surface area contributed by atoms with Crippen molar-refractivity contribution in [2.45, 2.75) is 5.16 Å². The molecule has 1 N–H and O–H groups in total. The van der Waals surface area contributed by atoms with Crippen LogP contribution in [-0.4, -0.2) is 36.9 Å². The van der Waals surface area contributed by atoms with E-state index < -0.39 is 0 Å². The molecule has 24 heavy (non-hydrogen) atoms. The smallest absolute Gasteiger partial charge is 0.236 e. The fraction of sp³-hybridized carbons (Fsp3) is 0.0714. The maximum absolute atomic E-state index is 12.0. The summed E-state index contributed by atoms with van der Waals surface area (Å²) in [5, 5.41) is 14.8. The summed E-state index contributed by atoms with van der Waals surface area (Å²) in [5.74, 6) is 0.491. The number of nitrogens with zero attached hydrogens (tertiary/aromatic N) is 5. The quantitative estimate of drug-likeness (QED) is 0.577. The van der Waals surface area contributed by atoms with Gasteiger partial charge < -0.3 is 5.32 Å². The SMILES string of the molecule is O=C(CSc1nnnn1-c1ccc(Br)cc1)Nc1ccc(Br)cn1. The van der Waals surface area contributed by atoms with Gasteiger partial charge >= 0.3 is 0 Å². The molecule has 0 unspecified atom stereocenters. The molecule has 0 saturated carbocycles. The predicted molar refractivity (Wildman–Crippen MR) is 98.1 cm³/mol. The van der Waals surface area contributed by atoms with Gasteiger partial charge in [-0.05, 0) is 62.8 Å². The molecule has 0 fully saturated rings. The highest BCUT2D eigenvalue weighted by Crippen LogP contribution is 2.20. The number of hydrogen-bond donors (Lipinski definition) is 1. The molecule has 1 amide bonds. The molecule has 0 saturated heterocycles. The van der Waals surface area contributed by atoms with Crippen molar-refractivity contribution < 1.29 is 4.79 Å². The van der Waals surface area contributed by atoms with Gasteiger partial charge in [-0.3, -0.25) is 4.79 Å². The van der Waals surface area contributed by atoms with Gasteiger partial charge in [0.1, 0.15) is 5.82 Å². The van der Waals surface area contributed by atoms with E-state index in [1.54, 1.807) is 16.9 Å². The van der Waals surface area contributed by atoms with E-state index in [-0.39, 0.29) is 11.7 Å². The van der Waals surface area contributed by atoms with E-state index in [9.17, 15) is 4.79 Å². The first kappa shape index (κ1) is 17.1. The van der Waals surface area contributed by atoms with Crippen molar-refractivity contribution in [3.05, 3.63) is 51.5 Å². The van der Waals surface area contributed by atoms with E-state index in [1.807, 2.05) is 30.3 Å². The maximum atomic E-state index is 12.0. The van der Waals surface area contributed by atoms with E-state index in [0.29, 0.717) is 11.0 Å². The fourth-order valence-electron chi connectivity index (χ4n) is 1.77. The highest BCUT2D eigenvalue weighted by Gasteiger charge is 2.12. The monoisotopic (exact) mass is 468 g/mol. The first-order valence-electron chi connectivity index (χ1n) is 6.70. The van der Waals surface area contributed by atoms with Gasteiger partial charge in [0.05, 0.1) is 11.4 Å². The number of carbonyl (C=O) groups excluding carboxylic acids is 1. The molecule has 0 bridgehead atoms. The average Bonchev–Trinajstić information content (AvgIpc) is 3.04. The van der Waals surface area contributed by atoms with E-state index in [1.165, 1.54) is 11.8 Å². The second-order valence-corrected chi connectivity index (χ2v) is 7.32.